The van der Waals surface area contributed by atoms with Crippen LogP contribution in [0, 0.1) is 0 Å². The fourth-order valence-electron chi connectivity index (χ4n) is 2.02. The van der Waals surface area contributed by atoms with Gasteiger partial charge in [0.25, 0.3) is 5.91 Å². The number of rotatable bonds is 1. The molecule has 2 heterocycles. The van der Waals surface area contributed by atoms with Crippen molar-refractivity contribution >= 4 is 17.5 Å². The molecule has 17 heavy (non-hydrogen) atoms. The van der Waals surface area contributed by atoms with Crippen LogP contribution in [0.3, 0.4) is 0 Å². The molecule has 6 heteroatoms. The summed E-state index contributed by atoms with van der Waals surface area (Å²) in [5, 5.41) is 5.32. The third-order valence-corrected chi connectivity index (χ3v) is 3.24. The van der Waals surface area contributed by atoms with E-state index >= 15 is 0 Å². The maximum Gasteiger partial charge on any atom is 0.270 e. The Kier molecular flexibility index (Phi) is 3.42. The zero-order valence-corrected chi connectivity index (χ0v) is 10.3. The predicted octanol–water partition coefficient (Wildman–Crippen LogP) is -0.631. The Labute approximate surface area is 101 Å². The van der Waals surface area contributed by atoms with Gasteiger partial charge in [-0.2, -0.15) is 5.10 Å². The van der Waals surface area contributed by atoms with Crippen molar-refractivity contribution in [3.63, 3.8) is 0 Å². The summed E-state index contributed by atoms with van der Waals surface area (Å²) in [4.78, 5) is 27.4. The van der Waals surface area contributed by atoms with E-state index in [-0.39, 0.29) is 11.8 Å². The van der Waals surface area contributed by atoms with Crippen LogP contribution in [0.15, 0.2) is 5.10 Å². The first-order chi connectivity index (χ1) is 8.08. The topological polar surface area (TPSA) is 56.2 Å². The molecule has 2 aliphatic rings. The first kappa shape index (κ1) is 12.0. The Hall–Kier alpha value is -1.43. The highest BCUT2D eigenvalue weighted by Gasteiger charge is 2.27. The molecule has 2 amide bonds. The molecule has 0 spiro atoms. The van der Waals surface area contributed by atoms with Gasteiger partial charge < -0.3 is 9.80 Å². The molecule has 0 atom stereocenters. The average molecular weight is 238 g/mol. The van der Waals surface area contributed by atoms with Gasteiger partial charge in [0.1, 0.15) is 5.71 Å². The number of carbonyl (C=O) groups is 2. The summed E-state index contributed by atoms with van der Waals surface area (Å²) >= 11 is 0. The summed E-state index contributed by atoms with van der Waals surface area (Å²) in [7, 11) is 3.64. The molecule has 6 nitrogen and oxygen atoms in total. The van der Waals surface area contributed by atoms with Crippen LogP contribution in [0.25, 0.3) is 0 Å². The van der Waals surface area contributed by atoms with E-state index in [1.54, 1.807) is 7.05 Å². The number of hydrogen-bond acceptors (Lipinski definition) is 4. The van der Waals surface area contributed by atoms with E-state index in [4.69, 9.17) is 0 Å². The Morgan fingerprint density at radius 2 is 1.76 bits per heavy atom. The van der Waals surface area contributed by atoms with Crippen molar-refractivity contribution in [2.75, 3.05) is 40.3 Å². The first-order valence-corrected chi connectivity index (χ1v) is 5.90. The molecule has 2 aliphatic heterocycles. The molecule has 0 N–H and O–H groups in total. The van der Waals surface area contributed by atoms with Crippen molar-refractivity contribution < 1.29 is 9.59 Å². The first-order valence-electron chi connectivity index (χ1n) is 5.90. The number of carbonyl (C=O) groups excluding carboxylic acids is 2. The van der Waals surface area contributed by atoms with Gasteiger partial charge in [-0.3, -0.25) is 9.59 Å². The van der Waals surface area contributed by atoms with Crippen LogP contribution in [0.4, 0.5) is 0 Å². The van der Waals surface area contributed by atoms with Gasteiger partial charge in [0, 0.05) is 46.1 Å². The largest absolute Gasteiger partial charge is 0.335 e. The lowest BCUT2D eigenvalue weighted by molar-refractivity contribution is -0.131. The minimum atomic E-state index is -0.0278. The van der Waals surface area contributed by atoms with Crippen molar-refractivity contribution in [3.05, 3.63) is 0 Å². The van der Waals surface area contributed by atoms with Gasteiger partial charge in [-0.25, -0.2) is 5.01 Å². The highest BCUT2D eigenvalue weighted by atomic mass is 16.2. The van der Waals surface area contributed by atoms with Crippen molar-refractivity contribution in [3.8, 4) is 0 Å². The highest BCUT2D eigenvalue weighted by Crippen LogP contribution is 2.10. The molecule has 0 aliphatic carbocycles. The standard InChI is InChI=1S/C11H18N4O2/c1-13-5-7-15(8-6-13)11(17)9-3-4-10(16)14(2)12-9/h3-8H2,1-2H3. The lowest BCUT2D eigenvalue weighted by Gasteiger charge is -2.33. The SMILES string of the molecule is CN1CCN(C(=O)C2=NN(C)C(=O)CC2)CC1. The molecule has 0 aromatic heterocycles. The number of amides is 2. The Morgan fingerprint density at radius 3 is 2.35 bits per heavy atom. The van der Waals surface area contributed by atoms with Gasteiger partial charge in [-0.05, 0) is 7.05 Å². The normalized spacial score (nSPS) is 22.7. The number of nitrogens with zero attached hydrogens (tertiary/aromatic N) is 4. The summed E-state index contributed by atoms with van der Waals surface area (Å²) in [6.07, 6.45) is 0.850. The molecule has 1 saturated heterocycles. The molecular weight excluding hydrogens is 220 g/mol. The summed E-state index contributed by atoms with van der Waals surface area (Å²) in [6, 6.07) is 0. The molecule has 0 bridgehead atoms. The van der Waals surface area contributed by atoms with E-state index in [0.717, 1.165) is 26.2 Å². The molecule has 0 unspecified atom stereocenters. The van der Waals surface area contributed by atoms with Gasteiger partial charge >= 0.3 is 0 Å². The molecule has 0 aromatic rings. The smallest absolute Gasteiger partial charge is 0.270 e. The fourth-order valence-corrected chi connectivity index (χ4v) is 2.02. The van der Waals surface area contributed by atoms with E-state index < -0.39 is 0 Å². The number of likely N-dealkylation sites (N-methyl/N-ethyl adjacent to an activating group) is 1. The zero-order chi connectivity index (χ0) is 12.4. The zero-order valence-electron chi connectivity index (χ0n) is 10.3. The van der Waals surface area contributed by atoms with Crippen LogP contribution in [-0.2, 0) is 9.59 Å². The Bertz CT molecular complexity index is 358. The molecule has 2 rings (SSSR count). The minimum Gasteiger partial charge on any atom is -0.335 e. The molecule has 1 fully saturated rings. The van der Waals surface area contributed by atoms with Crippen molar-refractivity contribution in [1.29, 1.82) is 0 Å². The summed E-state index contributed by atoms with van der Waals surface area (Å²) in [5.41, 5.74) is 0.511. The molecule has 94 valence electrons. The van der Waals surface area contributed by atoms with Crippen molar-refractivity contribution in [1.82, 2.24) is 14.8 Å². The maximum absolute atomic E-state index is 12.2. The van der Waals surface area contributed by atoms with E-state index in [9.17, 15) is 9.59 Å². The van der Waals surface area contributed by atoms with Crippen LogP contribution >= 0.6 is 0 Å². The minimum absolute atomic E-state index is 0.0162. The second kappa shape index (κ2) is 4.83. The molecular formula is C11H18N4O2. The number of piperazine rings is 1. The van der Waals surface area contributed by atoms with Gasteiger partial charge in [-0.1, -0.05) is 0 Å². The number of hydrazone groups is 1. The highest BCUT2D eigenvalue weighted by molar-refractivity contribution is 6.39. The second-order valence-electron chi connectivity index (χ2n) is 4.56. The van der Waals surface area contributed by atoms with Gasteiger partial charge in [-0.15, -0.1) is 0 Å². The summed E-state index contributed by atoms with van der Waals surface area (Å²) in [5.74, 6) is -0.0441. The van der Waals surface area contributed by atoms with Crippen LogP contribution < -0.4 is 0 Å². The van der Waals surface area contributed by atoms with E-state index in [1.165, 1.54) is 5.01 Å². The van der Waals surface area contributed by atoms with Crippen molar-refractivity contribution in [2.45, 2.75) is 12.8 Å². The van der Waals surface area contributed by atoms with Crippen molar-refractivity contribution in [2.24, 2.45) is 5.10 Å². The van der Waals surface area contributed by atoms with Crippen LogP contribution in [0.5, 0.6) is 0 Å². The summed E-state index contributed by atoms with van der Waals surface area (Å²) < 4.78 is 0. The van der Waals surface area contributed by atoms with Crippen LogP contribution in [0.2, 0.25) is 0 Å². The van der Waals surface area contributed by atoms with E-state index in [1.807, 2.05) is 11.9 Å². The molecule has 0 aromatic carbocycles. The Morgan fingerprint density at radius 1 is 1.12 bits per heavy atom. The molecule has 0 saturated carbocycles. The van der Waals surface area contributed by atoms with E-state index in [0.29, 0.717) is 18.6 Å². The summed E-state index contributed by atoms with van der Waals surface area (Å²) in [6.45, 7) is 3.28. The van der Waals surface area contributed by atoms with Gasteiger partial charge in [0.2, 0.25) is 5.91 Å². The fraction of sp³-hybridized carbons (Fsp3) is 0.727. The molecule has 0 radical (unpaired) electrons. The monoisotopic (exact) mass is 238 g/mol. The lowest BCUT2D eigenvalue weighted by Crippen LogP contribution is -2.50. The average Bonchev–Trinajstić information content (AvgIpc) is 2.33. The second-order valence-corrected chi connectivity index (χ2v) is 4.56. The maximum atomic E-state index is 12.2. The van der Waals surface area contributed by atoms with Gasteiger partial charge in [0.15, 0.2) is 0 Å². The van der Waals surface area contributed by atoms with E-state index in [2.05, 4.69) is 10.0 Å². The quantitative estimate of drug-likeness (QED) is 0.611. The predicted molar refractivity (Wildman–Crippen MR) is 63.5 cm³/mol. The third-order valence-electron chi connectivity index (χ3n) is 3.24. The Balaban J connectivity index is 2.00. The third kappa shape index (κ3) is 2.63. The van der Waals surface area contributed by atoms with Gasteiger partial charge in [0.05, 0.1) is 0 Å². The lowest BCUT2D eigenvalue weighted by atomic mass is 10.1. The van der Waals surface area contributed by atoms with Crippen LogP contribution in [0.1, 0.15) is 12.8 Å². The number of hydrogen-bond donors (Lipinski definition) is 0. The van der Waals surface area contributed by atoms with Crippen LogP contribution in [-0.4, -0.2) is 72.6 Å².